The Morgan fingerprint density at radius 1 is 1.43 bits per heavy atom. The number of nitro groups is 1. The fourth-order valence-electron chi connectivity index (χ4n) is 1.59. The smallest absolute Gasteiger partial charge is 0.356 e. The molecule has 2 rings (SSSR count). The molecule has 0 atom stereocenters. The van der Waals surface area contributed by atoms with E-state index in [1.807, 2.05) is 0 Å². The number of aryl methyl sites for hydroxylation is 1. The number of hydrogen-bond donors (Lipinski definition) is 1. The second-order valence-electron chi connectivity index (χ2n) is 3.98. The molecule has 0 radical (unpaired) electrons. The van der Waals surface area contributed by atoms with Gasteiger partial charge in [0, 0.05) is 16.1 Å². The van der Waals surface area contributed by atoms with Crippen LogP contribution in [0, 0.1) is 17.0 Å². The van der Waals surface area contributed by atoms with Crippen molar-refractivity contribution >= 4 is 27.6 Å². The van der Waals surface area contributed by atoms with E-state index in [4.69, 9.17) is 9.84 Å². The summed E-state index contributed by atoms with van der Waals surface area (Å²) in [5.74, 6) is -1.42. The number of carbonyl (C=O) groups is 1. The van der Waals surface area contributed by atoms with Crippen molar-refractivity contribution in [1.29, 1.82) is 0 Å². The van der Waals surface area contributed by atoms with Gasteiger partial charge >= 0.3 is 11.7 Å². The first-order valence-corrected chi connectivity index (χ1v) is 6.35. The van der Waals surface area contributed by atoms with E-state index in [9.17, 15) is 14.9 Å². The third-order valence-corrected chi connectivity index (χ3v) is 2.91. The van der Waals surface area contributed by atoms with Gasteiger partial charge in [0.1, 0.15) is 0 Å². The van der Waals surface area contributed by atoms with Crippen LogP contribution in [0.25, 0.3) is 0 Å². The third kappa shape index (κ3) is 3.31. The number of benzene rings is 1. The Morgan fingerprint density at radius 3 is 2.76 bits per heavy atom. The number of halogens is 1. The summed E-state index contributed by atoms with van der Waals surface area (Å²) in [6.45, 7) is 1.63. The Labute approximate surface area is 126 Å². The fraction of sp³-hybridized carbons (Fsp3) is 0.0833. The second-order valence-corrected chi connectivity index (χ2v) is 4.89. The number of aromatic nitrogens is 2. The molecule has 1 heterocycles. The summed E-state index contributed by atoms with van der Waals surface area (Å²) in [7, 11) is 0. The predicted molar refractivity (Wildman–Crippen MR) is 74.6 cm³/mol. The number of aromatic carboxylic acids is 1. The van der Waals surface area contributed by atoms with Gasteiger partial charge < -0.3 is 9.84 Å². The van der Waals surface area contributed by atoms with E-state index in [2.05, 4.69) is 25.9 Å². The zero-order chi connectivity index (χ0) is 15.6. The minimum Gasteiger partial charge on any atom is -0.476 e. The van der Waals surface area contributed by atoms with Crippen molar-refractivity contribution in [3.8, 4) is 11.6 Å². The van der Waals surface area contributed by atoms with E-state index < -0.39 is 10.9 Å². The molecule has 1 aromatic carbocycles. The maximum absolute atomic E-state index is 11.1. The number of carboxylic acid groups (broad SMARTS) is 1. The molecule has 2 aromatic rings. The zero-order valence-electron chi connectivity index (χ0n) is 10.6. The van der Waals surface area contributed by atoms with Gasteiger partial charge in [0.2, 0.25) is 11.6 Å². The summed E-state index contributed by atoms with van der Waals surface area (Å²) in [6.07, 6.45) is 2.23. The molecule has 0 saturated carbocycles. The highest BCUT2D eigenvalue weighted by molar-refractivity contribution is 9.10. The highest BCUT2D eigenvalue weighted by Gasteiger charge is 2.20. The molecule has 0 aliphatic heterocycles. The molecule has 0 aliphatic carbocycles. The highest BCUT2D eigenvalue weighted by atomic mass is 79.9. The largest absolute Gasteiger partial charge is 0.476 e. The SMILES string of the molecule is Cc1cc(Br)cc([N+](=O)[O-])c1Oc1cncc(C(=O)O)n1. The van der Waals surface area contributed by atoms with Crippen LogP contribution in [-0.4, -0.2) is 26.0 Å². The Bertz CT molecular complexity index is 735. The van der Waals surface area contributed by atoms with Gasteiger partial charge in [-0.3, -0.25) is 15.1 Å². The summed E-state index contributed by atoms with van der Waals surface area (Å²) < 4.78 is 5.88. The van der Waals surface area contributed by atoms with Gasteiger partial charge in [-0.05, 0) is 13.0 Å². The summed E-state index contributed by atoms with van der Waals surface area (Å²) in [5, 5.41) is 19.9. The summed E-state index contributed by atoms with van der Waals surface area (Å²) >= 11 is 3.17. The predicted octanol–water partition coefficient (Wildman–Crippen LogP) is 2.95. The average Bonchev–Trinajstić information content (AvgIpc) is 2.41. The third-order valence-electron chi connectivity index (χ3n) is 2.45. The molecule has 0 spiro atoms. The van der Waals surface area contributed by atoms with E-state index in [-0.39, 0.29) is 23.0 Å². The van der Waals surface area contributed by atoms with Gasteiger partial charge in [0.25, 0.3) is 0 Å². The first kappa shape index (κ1) is 14.9. The zero-order valence-corrected chi connectivity index (χ0v) is 12.2. The van der Waals surface area contributed by atoms with E-state index in [0.717, 1.165) is 6.20 Å². The molecule has 1 aromatic heterocycles. The van der Waals surface area contributed by atoms with Crippen LogP contribution < -0.4 is 4.74 Å². The minimum atomic E-state index is -1.27. The number of rotatable bonds is 4. The molecule has 0 unspecified atom stereocenters. The number of nitro benzene ring substituents is 1. The minimum absolute atomic E-state index is 0.0139. The topological polar surface area (TPSA) is 115 Å². The molecular weight excluding hydrogens is 346 g/mol. The molecular formula is C12H8BrN3O5. The van der Waals surface area contributed by atoms with Crippen LogP contribution >= 0.6 is 15.9 Å². The van der Waals surface area contributed by atoms with Gasteiger partial charge in [-0.15, -0.1) is 0 Å². The lowest BCUT2D eigenvalue weighted by Gasteiger charge is -2.09. The van der Waals surface area contributed by atoms with Crippen LogP contribution in [0.15, 0.2) is 29.0 Å². The van der Waals surface area contributed by atoms with Crippen molar-refractivity contribution in [1.82, 2.24) is 9.97 Å². The monoisotopic (exact) mass is 353 g/mol. The summed E-state index contributed by atoms with van der Waals surface area (Å²) in [5.41, 5.74) is -0.0760. The number of carboxylic acids is 1. The van der Waals surface area contributed by atoms with Gasteiger partial charge in [-0.1, -0.05) is 15.9 Å². The van der Waals surface area contributed by atoms with Gasteiger partial charge in [0.15, 0.2) is 5.69 Å². The first-order chi connectivity index (χ1) is 9.88. The highest BCUT2D eigenvalue weighted by Crippen LogP contribution is 2.36. The quantitative estimate of drug-likeness (QED) is 0.663. The molecule has 0 aliphatic rings. The van der Waals surface area contributed by atoms with Crippen molar-refractivity contribution in [2.24, 2.45) is 0 Å². The first-order valence-electron chi connectivity index (χ1n) is 5.56. The molecule has 0 saturated heterocycles. The molecule has 1 N–H and O–H groups in total. The lowest BCUT2D eigenvalue weighted by atomic mass is 10.2. The van der Waals surface area contributed by atoms with Crippen LogP contribution in [0.5, 0.6) is 11.6 Å². The van der Waals surface area contributed by atoms with Crippen LogP contribution in [0.4, 0.5) is 5.69 Å². The maximum atomic E-state index is 11.1. The lowest BCUT2D eigenvalue weighted by molar-refractivity contribution is -0.385. The maximum Gasteiger partial charge on any atom is 0.356 e. The Hall–Kier alpha value is -2.55. The Kier molecular flexibility index (Phi) is 4.13. The normalized spacial score (nSPS) is 10.2. The fourth-order valence-corrected chi connectivity index (χ4v) is 2.15. The number of nitrogens with zero attached hydrogens (tertiary/aromatic N) is 3. The lowest BCUT2D eigenvalue weighted by Crippen LogP contribution is -2.03. The van der Waals surface area contributed by atoms with Crippen molar-refractivity contribution < 1.29 is 19.6 Å². The van der Waals surface area contributed by atoms with Crippen LogP contribution in [0.1, 0.15) is 16.1 Å². The summed E-state index contributed by atoms with van der Waals surface area (Å²) in [4.78, 5) is 28.7. The number of ether oxygens (including phenoxy) is 1. The molecule has 0 fully saturated rings. The van der Waals surface area contributed by atoms with Gasteiger partial charge in [0.05, 0.1) is 17.3 Å². The number of hydrogen-bond acceptors (Lipinski definition) is 6. The van der Waals surface area contributed by atoms with E-state index in [1.54, 1.807) is 13.0 Å². The van der Waals surface area contributed by atoms with Crippen LogP contribution in [0.3, 0.4) is 0 Å². The van der Waals surface area contributed by atoms with Gasteiger partial charge in [-0.2, -0.15) is 0 Å². The molecule has 9 heteroatoms. The molecule has 0 bridgehead atoms. The Balaban J connectivity index is 2.46. The standard InChI is InChI=1S/C12H8BrN3O5/c1-6-2-7(13)3-9(16(19)20)11(6)21-10-5-14-4-8(15-10)12(17)18/h2-5H,1H3,(H,17,18). The second kappa shape index (κ2) is 5.83. The van der Waals surface area contributed by atoms with Gasteiger partial charge in [-0.25, -0.2) is 9.78 Å². The van der Waals surface area contributed by atoms with Crippen LogP contribution in [-0.2, 0) is 0 Å². The van der Waals surface area contributed by atoms with E-state index >= 15 is 0 Å². The van der Waals surface area contributed by atoms with Crippen molar-refractivity contribution in [2.75, 3.05) is 0 Å². The van der Waals surface area contributed by atoms with Crippen LogP contribution in [0.2, 0.25) is 0 Å². The van der Waals surface area contributed by atoms with Crippen molar-refractivity contribution in [2.45, 2.75) is 6.92 Å². The van der Waals surface area contributed by atoms with Crippen molar-refractivity contribution in [3.63, 3.8) is 0 Å². The molecule has 108 valence electrons. The average molecular weight is 354 g/mol. The molecule has 8 nitrogen and oxygen atoms in total. The van der Waals surface area contributed by atoms with E-state index in [1.165, 1.54) is 12.3 Å². The molecule has 21 heavy (non-hydrogen) atoms. The molecule has 0 amide bonds. The Morgan fingerprint density at radius 2 is 2.14 bits per heavy atom. The summed E-state index contributed by atoms with van der Waals surface area (Å²) in [6, 6.07) is 2.92. The van der Waals surface area contributed by atoms with Crippen molar-refractivity contribution in [3.05, 3.63) is 50.4 Å². The van der Waals surface area contributed by atoms with E-state index in [0.29, 0.717) is 10.0 Å².